The largest absolute Gasteiger partial charge is 0.327 e. The van der Waals surface area contributed by atoms with E-state index in [1.807, 2.05) is 36.4 Å². The number of nitrogens with one attached hydrogen (secondary N) is 2. The summed E-state index contributed by atoms with van der Waals surface area (Å²) in [4.78, 5) is 13.9. The maximum atomic E-state index is 13.9. The van der Waals surface area contributed by atoms with Crippen molar-refractivity contribution >= 4 is 23.5 Å². The number of nitrogens with zero attached hydrogens (tertiary/aromatic N) is 3. The van der Waals surface area contributed by atoms with Gasteiger partial charge in [0.2, 0.25) is 0 Å². The first-order chi connectivity index (χ1) is 21.3. The standard InChI is InChI=1S/C37H41N5OS/c1-25(2)31-17-12-18-32(26(3)4)34(31)39-36(43)38-33(23-28-13-8-6-9-14-28)35-40-41-37(44-24-29-15-10-7-11-16-29)42(35)30-21-19-27(5)20-22-30/h6-22,25-26,33H,23-24H2,1-5H3,(H2,38,39,43). The van der Waals surface area contributed by atoms with Crippen LogP contribution >= 0.6 is 11.8 Å². The normalized spacial score (nSPS) is 12.0. The third kappa shape index (κ3) is 7.58. The van der Waals surface area contributed by atoms with Crippen LogP contribution in [0.4, 0.5) is 10.5 Å². The minimum absolute atomic E-state index is 0.262. The zero-order valence-corrected chi connectivity index (χ0v) is 26.9. The average molecular weight is 604 g/mol. The molecule has 0 radical (unpaired) electrons. The Balaban J connectivity index is 1.52. The van der Waals surface area contributed by atoms with Gasteiger partial charge in [0.25, 0.3) is 0 Å². The van der Waals surface area contributed by atoms with Crippen molar-refractivity contribution in [2.75, 3.05) is 5.32 Å². The molecule has 226 valence electrons. The average Bonchev–Trinajstić information content (AvgIpc) is 3.45. The molecule has 4 aromatic carbocycles. The van der Waals surface area contributed by atoms with Gasteiger partial charge < -0.3 is 10.6 Å². The van der Waals surface area contributed by atoms with Crippen LogP contribution in [-0.4, -0.2) is 20.8 Å². The first kappa shape index (κ1) is 31.1. The molecule has 1 atom stereocenters. The molecule has 2 amide bonds. The molecule has 44 heavy (non-hydrogen) atoms. The van der Waals surface area contributed by atoms with E-state index < -0.39 is 6.04 Å². The smallest absolute Gasteiger partial charge is 0.319 e. The summed E-state index contributed by atoms with van der Waals surface area (Å²) in [6, 6.07) is 34.5. The zero-order chi connectivity index (χ0) is 31.1. The summed E-state index contributed by atoms with van der Waals surface area (Å²) < 4.78 is 2.09. The van der Waals surface area contributed by atoms with Gasteiger partial charge >= 0.3 is 6.03 Å². The van der Waals surface area contributed by atoms with Crippen LogP contribution in [0.1, 0.15) is 79.2 Å². The predicted octanol–water partition coefficient (Wildman–Crippen LogP) is 9.22. The zero-order valence-electron chi connectivity index (χ0n) is 26.1. The first-order valence-corrected chi connectivity index (χ1v) is 16.2. The Morgan fingerprint density at radius 1 is 0.750 bits per heavy atom. The highest BCUT2D eigenvalue weighted by Gasteiger charge is 2.26. The fraction of sp³-hybridized carbons (Fsp3) is 0.270. The van der Waals surface area contributed by atoms with Crippen molar-refractivity contribution in [2.24, 2.45) is 0 Å². The SMILES string of the molecule is Cc1ccc(-n2c(SCc3ccccc3)nnc2C(Cc2ccccc2)NC(=O)Nc2c(C(C)C)cccc2C(C)C)cc1. The van der Waals surface area contributed by atoms with Crippen molar-refractivity contribution in [1.82, 2.24) is 20.1 Å². The number of rotatable bonds is 11. The van der Waals surface area contributed by atoms with Crippen LogP contribution in [-0.2, 0) is 12.2 Å². The van der Waals surface area contributed by atoms with Crippen molar-refractivity contribution in [3.8, 4) is 5.69 Å². The summed E-state index contributed by atoms with van der Waals surface area (Å²) in [7, 11) is 0. The van der Waals surface area contributed by atoms with Crippen LogP contribution in [0, 0.1) is 6.92 Å². The number of urea groups is 1. The topological polar surface area (TPSA) is 71.8 Å². The van der Waals surface area contributed by atoms with Gasteiger partial charge in [-0.05, 0) is 53.1 Å². The lowest BCUT2D eigenvalue weighted by Crippen LogP contribution is -2.35. The van der Waals surface area contributed by atoms with Crippen LogP contribution in [0.3, 0.4) is 0 Å². The van der Waals surface area contributed by atoms with E-state index in [0.717, 1.165) is 39.0 Å². The highest BCUT2D eigenvalue weighted by atomic mass is 32.2. The van der Waals surface area contributed by atoms with Crippen molar-refractivity contribution in [2.45, 2.75) is 69.8 Å². The van der Waals surface area contributed by atoms with E-state index in [0.29, 0.717) is 12.2 Å². The molecule has 0 aliphatic carbocycles. The summed E-state index contributed by atoms with van der Waals surface area (Å²) in [6.07, 6.45) is 0.560. The molecule has 0 saturated carbocycles. The first-order valence-electron chi connectivity index (χ1n) is 15.2. The van der Waals surface area contributed by atoms with Crippen molar-refractivity contribution in [3.05, 3.63) is 137 Å². The van der Waals surface area contributed by atoms with Gasteiger partial charge in [-0.15, -0.1) is 10.2 Å². The minimum atomic E-state index is -0.439. The number of anilines is 1. The Morgan fingerprint density at radius 3 is 1.93 bits per heavy atom. The third-order valence-corrected chi connectivity index (χ3v) is 8.67. The van der Waals surface area contributed by atoms with Gasteiger partial charge in [-0.3, -0.25) is 4.57 Å². The van der Waals surface area contributed by atoms with Crippen LogP contribution in [0.2, 0.25) is 0 Å². The lowest BCUT2D eigenvalue weighted by Gasteiger charge is -2.23. The number of aryl methyl sites for hydroxylation is 1. The summed E-state index contributed by atoms with van der Waals surface area (Å²) in [5.74, 6) is 1.96. The molecule has 0 saturated heterocycles. The monoisotopic (exact) mass is 603 g/mol. The molecule has 0 bridgehead atoms. The summed E-state index contributed by atoms with van der Waals surface area (Å²) in [5, 5.41) is 16.7. The summed E-state index contributed by atoms with van der Waals surface area (Å²) in [5.41, 5.74) is 7.55. The maximum Gasteiger partial charge on any atom is 0.319 e. The van der Waals surface area contributed by atoms with E-state index in [1.165, 1.54) is 11.1 Å². The van der Waals surface area contributed by atoms with Crippen LogP contribution in [0.25, 0.3) is 5.69 Å². The van der Waals surface area contributed by atoms with E-state index in [-0.39, 0.29) is 17.9 Å². The molecule has 0 fully saturated rings. The second kappa shape index (κ2) is 14.4. The Kier molecular flexibility index (Phi) is 10.2. The molecule has 0 spiro atoms. The van der Waals surface area contributed by atoms with Gasteiger partial charge in [0.15, 0.2) is 11.0 Å². The van der Waals surface area contributed by atoms with E-state index in [1.54, 1.807) is 11.8 Å². The van der Waals surface area contributed by atoms with E-state index in [9.17, 15) is 4.79 Å². The lowest BCUT2D eigenvalue weighted by molar-refractivity contribution is 0.247. The van der Waals surface area contributed by atoms with E-state index >= 15 is 0 Å². The highest BCUT2D eigenvalue weighted by Crippen LogP contribution is 2.33. The summed E-state index contributed by atoms with van der Waals surface area (Å²) >= 11 is 1.64. The van der Waals surface area contributed by atoms with E-state index in [4.69, 9.17) is 5.10 Å². The Bertz CT molecular complexity index is 1640. The Labute approximate surface area is 265 Å². The highest BCUT2D eigenvalue weighted by molar-refractivity contribution is 7.98. The third-order valence-electron chi connectivity index (χ3n) is 7.67. The number of para-hydroxylation sites is 1. The van der Waals surface area contributed by atoms with Gasteiger partial charge in [0.05, 0.1) is 6.04 Å². The van der Waals surface area contributed by atoms with Gasteiger partial charge in [0.1, 0.15) is 0 Å². The van der Waals surface area contributed by atoms with Crippen LogP contribution in [0.15, 0.2) is 108 Å². The molecule has 1 unspecified atom stereocenters. The molecule has 1 heterocycles. The Hall–Kier alpha value is -4.36. The molecule has 6 nitrogen and oxygen atoms in total. The summed E-state index contributed by atoms with van der Waals surface area (Å²) in [6.45, 7) is 10.7. The van der Waals surface area contributed by atoms with Crippen molar-refractivity contribution in [1.29, 1.82) is 0 Å². The van der Waals surface area contributed by atoms with Crippen LogP contribution < -0.4 is 10.6 Å². The molecule has 5 aromatic rings. The number of carbonyl (C=O) groups is 1. The molecule has 0 aliphatic rings. The molecule has 2 N–H and O–H groups in total. The number of amides is 2. The quantitative estimate of drug-likeness (QED) is 0.148. The fourth-order valence-electron chi connectivity index (χ4n) is 5.32. The van der Waals surface area contributed by atoms with E-state index in [2.05, 4.69) is 122 Å². The molecule has 0 aliphatic heterocycles. The molecule has 1 aromatic heterocycles. The number of hydrogen-bond acceptors (Lipinski definition) is 4. The van der Waals surface area contributed by atoms with Gasteiger partial charge in [-0.2, -0.15) is 0 Å². The van der Waals surface area contributed by atoms with Crippen molar-refractivity contribution < 1.29 is 4.79 Å². The minimum Gasteiger partial charge on any atom is -0.327 e. The number of thioether (sulfide) groups is 1. The lowest BCUT2D eigenvalue weighted by atomic mass is 9.93. The predicted molar refractivity (Wildman–Crippen MR) is 182 cm³/mol. The van der Waals surface area contributed by atoms with Gasteiger partial charge in [-0.25, -0.2) is 4.79 Å². The second-order valence-electron chi connectivity index (χ2n) is 11.7. The molecule has 7 heteroatoms. The van der Waals surface area contributed by atoms with Gasteiger partial charge in [0, 0.05) is 23.5 Å². The number of hydrogen-bond donors (Lipinski definition) is 2. The maximum absolute atomic E-state index is 13.9. The molecule has 5 rings (SSSR count). The molecular formula is C37H41N5OS. The second-order valence-corrected chi connectivity index (χ2v) is 12.7. The van der Waals surface area contributed by atoms with Gasteiger partial charge in [-0.1, -0.05) is 136 Å². The van der Waals surface area contributed by atoms with Crippen LogP contribution in [0.5, 0.6) is 0 Å². The Morgan fingerprint density at radius 2 is 1.34 bits per heavy atom. The molecular weight excluding hydrogens is 563 g/mol. The number of aromatic nitrogens is 3. The number of carbonyl (C=O) groups excluding carboxylic acids is 1. The van der Waals surface area contributed by atoms with Crippen molar-refractivity contribution in [3.63, 3.8) is 0 Å². The number of benzene rings is 4. The fourth-order valence-corrected chi connectivity index (χ4v) is 6.23.